The first-order valence-corrected chi connectivity index (χ1v) is 7.70. The minimum absolute atomic E-state index is 0. The number of aliphatic imine (C=N–C) groups is 1. The first-order valence-electron chi connectivity index (χ1n) is 7.70. The third-order valence-corrected chi connectivity index (χ3v) is 3.51. The van der Waals surface area contributed by atoms with E-state index in [0.29, 0.717) is 37.0 Å². The molecule has 0 aliphatic carbocycles. The van der Waals surface area contributed by atoms with Gasteiger partial charge in [0, 0.05) is 18.2 Å². The van der Waals surface area contributed by atoms with Crippen LogP contribution in [0.4, 0.5) is 5.69 Å². The van der Waals surface area contributed by atoms with Gasteiger partial charge in [-0.25, -0.2) is 4.99 Å². The molecule has 1 heterocycles. The third kappa shape index (κ3) is 5.26. The van der Waals surface area contributed by atoms with Gasteiger partial charge in [0.25, 0.3) is 0 Å². The van der Waals surface area contributed by atoms with Gasteiger partial charge in [-0.05, 0) is 29.8 Å². The van der Waals surface area contributed by atoms with Crippen LogP contribution in [0.15, 0.2) is 47.5 Å². The van der Waals surface area contributed by atoms with E-state index in [-0.39, 0.29) is 24.0 Å². The summed E-state index contributed by atoms with van der Waals surface area (Å²) in [7, 11) is 0. The number of benzene rings is 2. The quantitative estimate of drug-likeness (QED) is 0.426. The van der Waals surface area contributed by atoms with Gasteiger partial charge in [0.05, 0.1) is 31.4 Å². The number of nitriles is 1. The van der Waals surface area contributed by atoms with Crippen LogP contribution in [0, 0.1) is 11.3 Å². The van der Waals surface area contributed by atoms with Crippen molar-refractivity contribution in [2.24, 2.45) is 10.7 Å². The monoisotopic (exact) mass is 450 g/mol. The van der Waals surface area contributed by atoms with E-state index in [4.69, 9.17) is 20.5 Å². The Kier molecular flexibility index (Phi) is 6.89. The number of nitrogens with two attached hydrogens (primary N) is 1. The van der Waals surface area contributed by atoms with Crippen molar-refractivity contribution in [3.05, 3.63) is 53.6 Å². The lowest BCUT2D eigenvalue weighted by Gasteiger charge is -2.10. The number of rotatable bonds is 3. The minimum atomic E-state index is 0. The lowest BCUT2D eigenvalue weighted by atomic mass is 10.1. The summed E-state index contributed by atoms with van der Waals surface area (Å²) >= 11 is 0. The minimum Gasteiger partial charge on any atom is -0.490 e. The highest BCUT2D eigenvalue weighted by Gasteiger charge is 2.10. The van der Waals surface area contributed by atoms with E-state index >= 15 is 0 Å². The van der Waals surface area contributed by atoms with Gasteiger partial charge >= 0.3 is 0 Å². The second-order valence-corrected chi connectivity index (χ2v) is 5.35. The first-order chi connectivity index (χ1) is 11.7. The number of fused-ring (bicyclic) bond motifs is 1. The zero-order valence-corrected chi connectivity index (χ0v) is 15.9. The molecule has 0 unspecified atom stereocenters. The Hall–Kier alpha value is -2.47. The van der Waals surface area contributed by atoms with Crippen LogP contribution in [0.1, 0.15) is 17.5 Å². The summed E-state index contributed by atoms with van der Waals surface area (Å²) in [6, 6.07) is 15.0. The van der Waals surface area contributed by atoms with Gasteiger partial charge in [0.2, 0.25) is 0 Å². The first kappa shape index (κ1) is 18.9. The van der Waals surface area contributed by atoms with E-state index in [2.05, 4.69) is 16.4 Å². The SMILES string of the molecule is I.N#Cc1cccc(CN=C(N)Nc2ccc3c(c2)OCCCO3)c1. The Labute approximate surface area is 163 Å². The molecule has 1 aliphatic heterocycles. The fraction of sp³-hybridized carbons (Fsp3) is 0.222. The zero-order chi connectivity index (χ0) is 16.8. The Morgan fingerprint density at radius 1 is 1.16 bits per heavy atom. The molecule has 0 radical (unpaired) electrons. The Bertz CT molecular complexity index is 802. The second-order valence-electron chi connectivity index (χ2n) is 5.35. The fourth-order valence-corrected chi connectivity index (χ4v) is 2.34. The highest BCUT2D eigenvalue weighted by Crippen LogP contribution is 2.32. The number of nitrogens with zero attached hydrogens (tertiary/aromatic N) is 2. The second kappa shape index (κ2) is 9.13. The molecule has 0 atom stereocenters. The van der Waals surface area contributed by atoms with E-state index in [1.807, 2.05) is 30.3 Å². The summed E-state index contributed by atoms with van der Waals surface area (Å²) in [5, 5.41) is 11.9. The Morgan fingerprint density at radius 3 is 2.76 bits per heavy atom. The number of anilines is 1. The standard InChI is InChI=1S/C18H18N4O2.HI/c19-11-13-3-1-4-14(9-13)12-21-18(20)22-15-5-6-16-17(10-15)24-8-2-7-23-16;/h1,3-6,9-10H,2,7-8,12H2,(H3,20,21,22);1H. The maximum absolute atomic E-state index is 8.91. The lowest BCUT2D eigenvalue weighted by Crippen LogP contribution is -2.22. The average molecular weight is 450 g/mol. The maximum Gasteiger partial charge on any atom is 0.193 e. The molecule has 7 heteroatoms. The normalized spacial score (nSPS) is 13.2. The number of hydrogen-bond acceptors (Lipinski definition) is 4. The van der Waals surface area contributed by atoms with Crippen LogP contribution in [0.25, 0.3) is 0 Å². The molecule has 0 amide bonds. The predicted octanol–water partition coefficient (Wildman–Crippen LogP) is 3.26. The van der Waals surface area contributed by atoms with Crippen molar-refractivity contribution in [2.45, 2.75) is 13.0 Å². The van der Waals surface area contributed by atoms with Crippen molar-refractivity contribution in [1.29, 1.82) is 5.26 Å². The molecular formula is C18H19IN4O2. The van der Waals surface area contributed by atoms with Crippen LogP contribution < -0.4 is 20.5 Å². The molecule has 0 aromatic heterocycles. The van der Waals surface area contributed by atoms with Crippen molar-refractivity contribution >= 4 is 35.6 Å². The third-order valence-electron chi connectivity index (χ3n) is 3.51. The van der Waals surface area contributed by atoms with Crippen LogP contribution in [-0.4, -0.2) is 19.2 Å². The van der Waals surface area contributed by atoms with Gasteiger partial charge in [0.1, 0.15) is 0 Å². The lowest BCUT2D eigenvalue weighted by molar-refractivity contribution is 0.297. The van der Waals surface area contributed by atoms with Crippen molar-refractivity contribution in [1.82, 2.24) is 0 Å². The highest BCUT2D eigenvalue weighted by molar-refractivity contribution is 14.0. The van der Waals surface area contributed by atoms with Crippen LogP contribution >= 0.6 is 24.0 Å². The summed E-state index contributed by atoms with van der Waals surface area (Å²) in [5.74, 6) is 1.74. The number of guanidine groups is 1. The molecular weight excluding hydrogens is 431 g/mol. The molecule has 0 bridgehead atoms. The largest absolute Gasteiger partial charge is 0.490 e. The van der Waals surface area contributed by atoms with Crippen LogP contribution in [-0.2, 0) is 6.54 Å². The molecule has 25 heavy (non-hydrogen) atoms. The van der Waals surface area contributed by atoms with E-state index < -0.39 is 0 Å². The van der Waals surface area contributed by atoms with E-state index in [1.165, 1.54) is 0 Å². The summed E-state index contributed by atoms with van der Waals surface area (Å²) in [4.78, 5) is 4.30. The van der Waals surface area contributed by atoms with E-state index in [9.17, 15) is 0 Å². The van der Waals surface area contributed by atoms with Crippen LogP contribution in [0.3, 0.4) is 0 Å². The molecule has 0 saturated carbocycles. The van der Waals surface area contributed by atoms with Crippen LogP contribution in [0.2, 0.25) is 0 Å². The van der Waals surface area contributed by atoms with Gasteiger partial charge in [-0.1, -0.05) is 12.1 Å². The number of halogens is 1. The molecule has 3 N–H and O–H groups in total. The molecule has 1 aliphatic rings. The average Bonchev–Trinajstić information content (AvgIpc) is 2.85. The van der Waals surface area contributed by atoms with Gasteiger partial charge in [-0.15, -0.1) is 24.0 Å². The number of nitrogens with one attached hydrogen (secondary N) is 1. The molecule has 2 aromatic rings. The van der Waals surface area contributed by atoms with Gasteiger partial charge in [0.15, 0.2) is 17.5 Å². The Morgan fingerprint density at radius 2 is 1.96 bits per heavy atom. The number of hydrogen-bond donors (Lipinski definition) is 2. The topological polar surface area (TPSA) is 92.7 Å². The fourth-order valence-electron chi connectivity index (χ4n) is 2.34. The maximum atomic E-state index is 8.91. The predicted molar refractivity (Wildman–Crippen MR) is 108 cm³/mol. The highest BCUT2D eigenvalue weighted by atomic mass is 127. The molecule has 0 spiro atoms. The van der Waals surface area contributed by atoms with Crippen molar-refractivity contribution in [3.63, 3.8) is 0 Å². The summed E-state index contributed by atoms with van der Waals surface area (Å²) in [5.41, 5.74) is 8.25. The summed E-state index contributed by atoms with van der Waals surface area (Å²) < 4.78 is 11.2. The van der Waals surface area contributed by atoms with Crippen LogP contribution in [0.5, 0.6) is 11.5 Å². The molecule has 130 valence electrons. The van der Waals surface area contributed by atoms with Crippen molar-refractivity contribution < 1.29 is 9.47 Å². The number of ether oxygens (including phenoxy) is 2. The van der Waals surface area contributed by atoms with Crippen molar-refractivity contribution in [3.8, 4) is 17.6 Å². The Balaban J connectivity index is 0.00000225. The summed E-state index contributed by atoms with van der Waals surface area (Å²) in [6.45, 7) is 1.69. The smallest absolute Gasteiger partial charge is 0.193 e. The zero-order valence-electron chi connectivity index (χ0n) is 13.6. The van der Waals surface area contributed by atoms with Crippen molar-refractivity contribution in [2.75, 3.05) is 18.5 Å². The van der Waals surface area contributed by atoms with E-state index in [0.717, 1.165) is 23.4 Å². The van der Waals surface area contributed by atoms with E-state index in [1.54, 1.807) is 12.1 Å². The molecule has 6 nitrogen and oxygen atoms in total. The molecule has 3 rings (SSSR count). The van der Waals surface area contributed by atoms with Gasteiger partial charge in [-0.3, -0.25) is 0 Å². The molecule has 0 saturated heterocycles. The summed E-state index contributed by atoms with van der Waals surface area (Å²) in [6.07, 6.45) is 0.864. The molecule has 0 fully saturated rings. The van der Waals surface area contributed by atoms with Gasteiger partial charge in [-0.2, -0.15) is 5.26 Å². The molecule has 2 aromatic carbocycles. The van der Waals surface area contributed by atoms with Gasteiger partial charge < -0.3 is 20.5 Å².